The topological polar surface area (TPSA) is 23.8 Å². The first kappa shape index (κ1) is 9.76. The van der Waals surface area contributed by atoms with Crippen molar-refractivity contribution in [1.82, 2.24) is 0 Å². The highest BCUT2D eigenvalue weighted by Crippen LogP contribution is 2.31. The molecule has 0 aliphatic rings. The number of nitriles is 1. The monoisotopic (exact) mass is 215 g/mol. The van der Waals surface area contributed by atoms with Gasteiger partial charge in [-0.25, -0.2) is 0 Å². The summed E-state index contributed by atoms with van der Waals surface area (Å²) in [6.45, 7) is 0.961. The Labute approximate surface area is 65.0 Å². The molecule has 0 fully saturated rings. The molecule has 0 aliphatic carbocycles. The van der Waals surface area contributed by atoms with Crippen LogP contribution in [0.15, 0.2) is 0 Å². The van der Waals surface area contributed by atoms with Gasteiger partial charge in [0.05, 0.1) is 12.0 Å². The molecule has 0 N–H and O–H groups in total. The fraction of sp³-hybridized carbons (Fsp3) is 0.800. The Morgan fingerprint density at radius 3 is 2.00 bits per heavy atom. The van der Waals surface area contributed by atoms with E-state index in [2.05, 4.69) is 15.9 Å². The van der Waals surface area contributed by atoms with Gasteiger partial charge in [0.25, 0.3) is 0 Å². The molecule has 0 saturated carbocycles. The molecule has 5 heteroatoms. The van der Waals surface area contributed by atoms with Crippen LogP contribution in [-0.4, -0.2) is 11.0 Å². The third-order valence-electron chi connectivity index (χ3n) is 1.08. The minimum atomic E-state index is -4.29. The van der Waals surface area contributed by atoms with E-state index in [4.69, 9.17) is 5.26 Å². The molecule has 2 unspecified atom stereocenters. The van der Waals surface area contributed by atoms with Crippen LogP contribution in [0.4, 0.5) is 13.2 Å². The molecule has 0 radical (unpaired) electrons. The van der Waals surface area contributed by atoms with Crippen molar-refractivity contribution in [1.29, 1.82) is 5.26 Å². The van der Waals surface area contributed by atoms with Crippen LogP contribution in [0.5, 0.6) is 0 Å². The van der Waals surface area contributed by atoms with Crippen LogP contribution in [0.3, 0.4) is 0 Å². The molecule has 0 aromatic carbocycles. The van der Waals surface area contributed by atoms with Crippen LogP contribution < -0.4 is 0 Å². The van der Waals surface area contributed by atoms with E-state index < -0.39 is 16.9 Å². The standard InChI is InChI=1S/C5H5BrF3N/c1-3(4(6)2-10)5(7,8)9/h3-4H,1H3. The second-order valence-corrected chi connectivity index (χ2v) is 2.85. The molecule has 0 saturated heterocycles. The Bertz CT molecular complexity index is 148. The lowest BCUT2D eigenvalue weighted by Gasteiger charge is -2.15. The van der Waals surface area contributed by atoms with Crippen molar-refractivity contribution in [3.8, 4) is 6.07 Å². The number of nitrogens with zero attached hydrogens (tertiary/aromatic N) is 1. The van der Waals surface area contributed by atoms with E-state index in [1.807, 2.05) is 0 Å². The zero-order chi connectivity index (χ0) is 8.36. The van der Waals surface area contributed by atoms with Gasteiger partial charge in [0.2, 0.25) is 0 Å². The lowest BCUT2D eigenvalue weighted by Crippen LogP contribution is -2.26. The maximum Gasteiger partial charge on any atom is 0.393 e. The molecule has 0 rings (SSSR count). The van der Waals surface area contributed by atoms with Crippen LogP contribution in [0.25, 0.3) is 0 Å². The van der Waals surface area contributed by atoms with Crippen LogP contribution in [0.1, 0.15) is 6.92 Å². The van der Waals surface area contributed by atoms with Crippen molar-refractivity contribution in [2.75, 3.05) is 0 Å². The molecule has 10 heavy (non-hydrogen) atoms. The largest absolute Gasteiger partial charge is 0.393 e. The lowest BCUT2D eigenvalue weighted by atomic mass is 10.1. The number of hydrogen-bond acceptors (Lipinski definition) is 1. The fourth-order valence-electron chi connectivity index (χ4n) is 0.278. The molecule has 0 heterocycles. The second kappa shape index (κ2) is 3.24. The van der Waals surface area contributed by atoms with Crippen molar-refractivity contribution in [2.45, 2.75) is 17.9 Å². The number of alkyl halides is 4. The number of rotatable bonds is 1. The van der Waals surface area contributed by atoms with E-state index in [0.717, 1.165) is 6.92 Å². The molecule has 0 aliphatic heterocycles. The lowest BCUT2D eigenvalue weighted by molar-refractivity contribution is -0.166. The van der Waals surface area contributed by atoms with Gasteiger partial charge < -0.3 is 0 Å². The third-order valence-corrected chi connectivity index (χ3v) is 2.08. The first-order valence-corrected chi connectivity index (χ1v) is 3.41. The molecule has 0 amide bonds. The predicted octanol–water partition coefficient (Wildman–Crippen LogP) is 2.47. The highest BCUT2D eigenvalue weighted by molar-refractivity contribution is 9.09. The summed E-state index contributed by atoms with van der Waals surface area (Å²) in [5, 5.41) is 8.07. The van der Waals surface area contributed by atoms with Crippen molar-refractivity contribution in [3.63, 3.8) is 0 Å². The number of hydrogen-bond donors (Lipinski definition) is 0. The summed E-state index contributed by atoms with van der Waals surface area (Å²) in [4.78, 5) is -1.15. The smallest absolute Gasteiger partial charge is 0.197 e. The number of halogens is 4. The van der Waals surface area contributed by atoms with Gasteiger partial charge in [0, 0.05) is 0 Å². The molecule has 2 atom stereocenters. The van der Waals surface area contributed by atoms with Crippen molar-refractivity contribution < 1.29 is 13.2 Å². The Morgan fingerprint density at radius 1 is 1.50 bits per heavy atom. The van der Waals surface area contributed by atoms with Crippen LogP contribution in [0, 0.1) is 17.2 Å². The van der Waals surface area contributed by atoms with Crippen LogP contribution in [0.2, 0.25) is 0 Å². The summed E-state index contributed by atoms with van der Waals surface area (Å²) in [5.74, 6) is -1.61. The van der Waals surface area contributed by atoms with Crippen LogP contribution in [-0.2, 0) is 0 Å². The van der Waals surface area contributed by atoms with E-state index in [1.54, 1.807) is 0 Å². The van der Waals surface area contributed by atoms with E-state index in [1.165, 1.54) is 6.07 Å². The maximum atomic E-state index is 11.7. The zero-order valence-corrected chi connectivity index (χ0v) is 6.70. The molecule has 0 aromatic heterocycles. The van der Waals surface area contributed by atoms with Crippen molar-refractivity contribution in [2.24, 2.45) is 5.92 Å². The highest BCUT2D eigenvalue weighted by Gasteiger charge is 2.40. The van der Waals surface area contributed by atoms with Gasteiger partial charge in [-0.2, -0.15) is 18.4 Å². The Hall–Kier alpha value is -0.240. The second-order valence-electron chi connectivity index (χ2n) is 1.86. The van der Waals surface area contributed by atoms with Gasteiger partial charge in [-0.3, -0.25) is 0 Å². The summed E-state index contributed by atoms with van der Waals surface area (Å²) >= 11 is 2.60. The molecule has 1 nitrogen and oxygen atoms in total. The highest BCUT2D eigenvalue weighted by atomic mass is 79.9. The molecule has 0 spiro atoms. The maximum absolute atomic E-state index is 11.7. The van der Waals surface area contributed by atoms with E-state index in [0.29, 0.717) is 0 Å². The zero-order valence-electron chi connectivity index (χ0n) is 5.11. The minimum absolute atomic E-state index is 0.961. The molecule has 0 bridgehead atoms. The summed E-state index contributed by atoms with van der Waals surface area (Å²) in [6.07, 6.45) is -4.29. The van der Waals surface area contributed by atoms with E-state index in [9.17, 15) is 13.2 Å². The van der Waals surface area contributed by atoms with Crippen molar-refractivity contribution in [3.05, 3.63) is 0 Å². The summed E-state index contributed by atoms with van der Waals surface area (Å²) in [5.41, 5.74) is 0. The molecular formula is C5H5BrF3N. The summed E-state index contributed by atoms with van der Waals surface area (Å²) in [7, 11) is 0. The fourth-order valence-corrected chi connectivity index (χ4v) is 0.577. The molecule has 0 aromatic rings. The van der Waals surface area contributed by atoms with Gasteiger partial charge in [-0.1, -0.05) is 22.9 Å². The molecular weight excluding hydrogens is 211 g/mol. The van der Waals surface area contributed by atoms with E-state index >= 15 is 0 Å². The van der Waals surface area contributed by atoms with Gasteiger partial charge in [0.1, 0.15) is 4.83 Å². The minimum Gasteiger partial charge on any atom is -0.197 e. The SMILES string of the molecule is CC(C(Br)C#N)C(F)(F)F. The first-order chi connectivity index (χ1) is 4.39. The Kier molecular flexibility index (Phi) is 3.16. The predicted molar refractivity (Wildman–Crippen MR) is 33.5 cm³/mol. The Morgan fingerprint density at radius 2 is 1.90 bits per heavy atom. The first-order valence-electron chi connectivity index (χ1n) is 2.50. The van der Waals surface area contributed by atoms with Crippen molar-refractivity contribution >= 4 is 15.9 Å². The van der Waals surface area contributed by atoms with Gasteiger partial charge >= 0.3 is 6.18 Å². The average Bonchev–Trinajstić information content (AvgIpc) is 1.83. The normalized spacial score (nSPS) is 17.6. The van der Waals surface area contributed by atoms with Crippen LogP contribution >= 0.6 is 15.9 Å². The summed E-state index contributed by atoms with van der Waals surface area (Å²) < 4.78 is 35.1. The van der Waals surface area contributed by atoms with Gasteiger partial charge in [0.15, 0.2) is 0 Å². The van der Waals surface area contributed by atoms with Gasteiger partial charge in [-0.15, -0.1) is 0 Å². The third kappa shape index (κ3) is 2.56. The quantitative estimate of drug-likeness (QED) is 0.617. The summed E-state index contributed by atoms with van der Waals surface area (Å²) in [6, 6.07) is 1.47. The van der Waals surface area contributed by atoms with Gasteiger partial charge in [-0.05, 0) is 0 Å². The Balaban J connectivity index is 4.11. The van der Waals surface area contributed by atoms with E-state index in [-0.39, 0.29) is 0 Å². The molecule has 58 valence electrons. The average molecular weight is 216 g/mol.